The maximum atomic E-state index is 14.2. The van der Waals surface area contributed by atoms with Crippen molar-refractivity contribution in [1.29, 1.82) is 0 Å². The van der Waals surface area contributed by atoms with Crippen molar-refractivity contribution in [2.45, 2.75) is 27.2 Å². The van der Waals surface area contributed by atoms with Gasteiger partial charge in [-0.05, 0) is 17.5 Å². The minimum absolute atomic E-state index is 0.0141. The van der Waals surface area contributed by atoms with E-state index in [1.165, 1.54) is 16.8 Å². The van der Waals surface area contributed by atoms with Crippen LogP contribution >= 0.6 is 11.6 Å². The molecule has 0 fully saturated rings. The maximum Gasteiger partial charge on any atom is 0.356 e. The summed E-state index contributed by atoms with van der Waals surface area (Å²) in [6.45, 7) is 6.00. The lowest BCUT2D eigenvalue weighted by atomic mass is 9.92. The molecular formula is C15H16ClFN2O2. The Morgan fingerprint density at radius 1 is 1.43 bits per heavy atom. The van der Waals surface area contributed by atoms with E-state index in [-0.39, 0.29) is 21.8 Å². The van der Waals surface area contributed by atoms with Crippen LogP contribution in [0, 0.1) is 11.2 Å². The second-order valence-corrected chi connectivity index (χ2v) is 6.44. The quantitative estimate of drug-likeness (QED) is 0.934. The molecule has 0 spiro atoms. The van der Waals surface area contributed by atoms with Gasteiger partial charge in [-0.2, -0.15) is 0 Å². The van der Waals surface area contributed by atoms with E-state index in [1.54, 1.807) is 12.1 Å². The average Bonchev–Trinajstić information content (AvgIpc) is 2.74. The van der Waals surface area contributed by atoms with Crippen LogP contribution in [0.5, 0.6) is 0 Å². The standard InChI is InChI=1S/C15H16ClFN2O2/c1-15(2,3)7-12-18-10(14(20)21)8-19(12)11-6-4-5-9(16)13(11)17/h4-6,8H,7H2,1-3H3,(H,20,21). The van der Waals surface area contributed by atoms with Crippen molar-refractivity contribution >= 4 is 17.6 Å². The number of nitrogens with zero attached hydrogens (tertiary/aromatic N) is 2. The molecule has 0 aliphatic carbocycles. The molecule has 1 aromatic heterocycles. The first-order valence-electron chi connectivity index (χ1n) is 6.45. The predicted molar refractivity (Wildman–Crippen MR) is 78.7 cm³/mol. The number of imidazole rings is 1. The number of hydrogen-bond acceptors (Lipinski definition) is 2. The van der Waals surface area contributed by atoms with Crippen LogP contribution in [0.1, 0.15) is 37.1 Å². The van der Waals surface area contributed by atoms with Crippen molar-refractivity contribution in [3.8, 4) is 5.69 Å². The third-order valence-corrected chi connectivity index (χ3v) is 3.17. The molecule has 0 radical (unpaired) electrons. The van der Waals surface area contributed by atoms with Crippen LogP contribution in [0.2, 0.25) is 5.02 Å². The van der Waals surface area contributed by atoms with Gasteiger partial charge in [0, 0.05) is 12.6 Å². The van der Waals surface area contributed by atoms with Gasteiger partial charge in [0.05, 0.1) is 10.7 Å². The molecule has 112 valence electrons. The van der Waals surface area contributed by atoms with E-state index in [4.69, 9.17) is 16.7 Å². The van der Waals surface area contributed by atoms with Gasteiger partial charge in [-0.3, -0.25) is 4.57 Å². The monoisotopic (exact) mass is 310 g/mol. The van der Waals surface area contributed by atoms with E-state index in [2.05, 4.69) is 4.98 Å². The van der Waals surface area contributed by atoms with Crippen LogP contribution in [-0.4, -0.2) is 20.6 Å². The first-order chi connectivity index (χ1) is 9.69. The Hall–Kier alpha value is -1.88. The summed E-state index contributed by atoms with van der Waals surface area (Å²) in [5, 5.41) is 9.08. The van der Waals surface area contributed by atoms with Crippen LogP contribution in [0.25, 0.3) is 5.69 Å². The summed E-state index contributed by atoms with van der Waals surface area (Å²) in [6, 6.07) is 4.60. The molecule has 1 heterocycles. The molecule has 2 rings (SSSR count). The maximum absolute atomic E-state index is 14.2. The summed E-state index contributed by atoms with van der Waals surface area (Å²) >= 11 is 5.79. The minimum Gasteiger partial charge on any atom is -0.476 e. The number of rotatable bonds is 3. The first kappa shape index (κ1) is 15.5. The summed E-state index contributed by atoms with van der Waals surface area (Å²) in [5.41, 5.74) is -0.0381. The fourth-order valence-electron chi connectivity index (χ4n) is 2.01. The molecule has 0 aliphatic rings. The molecular weight excluding hydrogens is 295 g/mol. The highest BCUT2D eigenvalue weighted by molar-refractivity contribution is 6.30. The number of carboxylic acid groups (broad SMARTS) is 1. The van der Waals surface area contributed by atoms with E-state index < -0.39 is 11.8 Å². The van der Waals surface area contributed by atoms with Crippen molar-refractivity contribution < 1.29 is 14.3 Å². The Kier molecular flexibility index (Phi) is 4.05. The third-order valence-electron chi connectivity index (χ3n) is 2.88. The molecule has 6 heteroatoms. The van der Waals surface area contributed by atoms with Gasteiger partial charge in [0.15, 0.2) is 11.5 Å². The molecule has 0 aliphatic heterocycles. The van der Waals surface area contributed by atoms with Crippen LogP contribution < -0.4 is 0 Å². The zero-order valence-corrected chi connectivity index (χ0v) is 12.8. The zero-order chi connectivity index (χ0) is 15.8. The molecule has 21 heavy (non-hydrogen) atoms. The number of carbonyl (C=O) groups is 1. The fourth-order valence-corrected chi connectivity index (χ4v) is 2.18. The van der Waals surface area contributed by atoms with E-state index in [9.17, 15) is 9.18 Å². The van der Waals surface area contributed by atoms with Crippen LogP contribution in [0.15, 0.2) is 24.4 Å². The van der Waals surface area contributed by atoms with E-state index in [1.807, 2.05) is 20.8 Å². The van der Waals surface area contributed by atoms with Gasteiger partial charge < -0.3 is 5.11 Å². The minimum atomic E-state index is -1.15. The zero-order valence-electron chi connectivity index (χ0n) is 12.0. The van der Waals surface area contributed by atoms with Crippen molar-refractivity contribution in [3.05, 3.63) is 46.8 Å². The number of halogens is 2. The number of benzene rings is 1. The Morgan fingerprint density at radius 2 is 2.10 bits per heavy atom. The summed E-state index contributed by atoms with van der Waals surface area (Å²) in [7, 11) is 0. The van der Waals surface area contributed by atoms with Crippen molar-refractivity contribution in [3.63, 3.8) is 0 Å². The van der Waals surface area contributed by atoms with Gasteiger partial charge in [0.1, 0.15) is 5.82 Å². The Morgan fingerprint density at radius 3 is 2.67 bits per heavy atom. The highest BCUT2D eigenvalue weighted by atomic mass is 35.5. The van der Waals surface area contributed by atoms with Gasteiger partial charge >= 0.3 is 5.97 Å². The molecule has 0 unspecified atom stereocenters. The number of carboxylic acids is 1. The third kappa shape index (κ3) is 3.42. The van der Waals surface area contributed by atoms with Gasteiger partial charge in [-0.15, -0.1) is 0 Å². The fraction of sp³-hybridized carbons (Fsp3) is 0.333. The normalized spacial score (nSPS) is 11.7. The lowest BCUT2D eigenvalue weighted by molar-refractivity contribution is 0.0690. The molecule has 0 atom stereocenters. The topological polar surface area (TPSA) is 55.1 Å². The summed E-state index contributed by atoms with van der Waals surface area (Å²) in [4.78, 5) is 15.2. The van der Waals surface area contributed by atoms with Gasteiger partial charge in [-0.1, -0.05) is 38.4 Å². The van der Waals surface area contributed by atoms with E-state index in [0.717, 1.165) is 0 Å². The highest BCUT2D eigenvalue weighted by Gasteiger charge is 2.21. The van der Waals surface area contributed by atoms with E-state index in [0.29, 0.717) is 12.2 Å². The lowest BCUT2D eigenvalue weighted by Gasteiger charge is -2.18. The Balaban J connectivity index is 2.61. The molecule has 4 nitrogen and oxygen atoms in total. The largest absolute Gasteiger partial charge is 0.476 e. The average molecular weight is 311 g/mol. The van der Waals surface area contributed by atoms with Crippen molar-refractivity contribution in [1.82, 2.24) is 9.55 Å². The number of aromatic carboxylic acids is 1. The second kappa shape index (κ2) is 5.48. The van der Waals surface area contributed by atoms with Crippen molar-refractivity contribution in [2.24, 2.45) is 5.41 Å². The molecule has 0 saturated heterocycles. The summed E-state index contributed by atoms with van der Waals surface area (Å²) in [5.74, 6) is -1.25. The summed E-state index contributed by atoms with van der Waals surface area (Å²) in [6.07, 6.45) is 1.82. The van der Waals surface area contributed by atoms with Crippen LogP contribution in [0.4, 0.5) is 4.39 Å². The van der Waals surface area contributed by atoms with Crippen LogP contribution in [-0.2, 0) is 6.42 Å². The first-order valence-corrected chi connectivity index (χ1v) is 6.83. The highest BCUT2D eigenvalue weighted by Crippen LogP contribution is 2.26. The van der Waals surface area contributed by atoms with Gasteiger partial charge in [-0.25, -0.2) is 14.2 Å². The Bertz CT molecular complexity index is 689. The smallest absolute Gasteiger partial charge is 0.356 e. The van der Waals surface area contributed by atoms with Crippen molar-refractivity contribution in [2.75, 3.05) is 0 Å². The molecule has 1 N–H and O–H groups in total. The van der Waals surface area contributed by atoms with E-state index >= 15 is 0 Å². The number of hydrogen-bond donors (Lipinski definition) is 1. The van der Waals surface area contributed by atoms with Crippen LogP contribution in [0.3, 0.4) is 0 Å². The summed E-state index contributed by atoms with van der Waals surface area (Å²) < 4.78 is 15.6. The Labute approximate surface area is 127 Å². The van der Waals surface area contributed by atoms with Gasteiger partial charge in [0.25, 0.3) is 0 Å². The molecule has 0 amide bonds. The molecule has 0 saturated carbocycles. The number of aromatic nitrogens is 2. The molecule has 2 aromatic rings. The second-order valence-electron chi connectivity index (χ2n) is 6.03. The molecule has 1 aromatic carbocycles. The molecule has 0 bridgehead atoms. The van der Waals surface area contributed by atoms with Gasteiger partial charge in [0.2, 0.25) is 0 Å². The predicted octanol–water partition coefficient (Wildman–Crippen LogP) is 3.95. The SMILES string of the molecule is CC(C)(C)Cc1nc(C(=O)O)cn1-c1cccc(Cl)c1F. The lowest BCUT2D eigenvalue weighted by Crippen LogP contribution is -2.14.